The molecule has 2 rings (SSSR count). The van der Waals surface area contributed by atoms with Crippen molar-refractivity contribution in [1.29, 1.82) is 0 Å². The molecule has 2 aromatic rings. The summed E-state index contributed by atoms with van der Waals surface area (Å²) in [6.45, 7) is 1.90. The molecule has 0 spiro atoms. The van der Waals surface area contributed by atoms with Crippen molar-refractivity contribution in [3.63, 3.8) is 0 Å². The summed E-state index contributed by atoms with van der Waals surface area (Å²) in [4.78, 5) is 4.75. The second-order valence-electron chi connectivity index (χ2n) is 3.82. The number of nitrogen functional groups attached to an aromatic ring is 1. The molecule has 0 saturated heterocycles. The Labute approximate surface area is 103 Å². The zero-order valence-corrected chi connectivity index (χ0v) is 10.4. The van der Waals surface area contributed by atoms with Crippen molar-refractivity contribution in [2.75, 3.05) is 5.73 Å². The Morgan fingerprint density at radius 2 is 1.94 bits per heavy atom. The lowest BCUT2D eigenvalue weighted by molar-refractivity contribution is 0.682. The Balaban J connectivity index is 2.24. The standard InChI is InChI=1S/C13H14N2OS/c1-10-12(14)3-2-4-13(10)17(16)9-11-5-7-15-8-6-11/h2-8H,9,14H2,1H3. The van der Waals surface area contributed by atoms with Crippen molar-refractivity contribution >= 4 is 16.5 Å². The first kappa shape index (κ1) is 11.8. The van der Waals surface area contributed by atoms with Gasteiger partial charge in [-0.15, -0.1) is 0 Å². The van der Waals surface area contributed by atoms with E-state index >= 15 is 0 Å². The highest BCUT2D eigenvalue weighted by Crippen LogP contribution is 2.20. The first-order valence-corrected chi connectivity index (χ1v) is 6.63. The van der Waals surface area contributed by atoms with Gasteiger partial charge in [0.15, 0.2) is 0 Å². The average molecular weight is 246 g/mol. The SMILES string of the molecule is Cc1c(N)cccc1S(=O)Cc1ccncc1. The summed E-state index contributed by atoms with van der Waals surface area (Å²) in [5.41, 5.74) is 8.41. The molecule has 0 amide bonds. The molecule has 1 unspecified atom stereocenters. The zero-order valence-electron chi connectivity index (χ0n) is 9.59. The molecule has 17 heavy (non-hydrogen) atoms. The fraction of sp³-hybridized carbons (Fsp3) is 0.154. The maximum atomic E-state index is 12.2. The van der Waals surface area contributed by atoms with E-state index < -0.39 is 10.8 Å². The van der Waals surface area contributed by atoms with Gasteiger partial charge >= 0.3 is 0 Å². The van der Waals surface area contributed by atoms with Crippen molar-refractivity contribution in [2.45, 2.75) is 17.6 Å². The summed E-state index contributed by atoms with van der Waals surface area (Å²) in [5, 5.41) is 0. The second kappa shape index (κ2) is 5.10. The number of nitrogens with two attached hydrogens (primary N) is 1. The molecule has 0 radical (unpaired) electrons. The van der Waals surface area contributed by atoms with Gasteiger partial charge in [-0.1, -0.05) is 6.07 Å². The molecule has 4 heteroatoms. The molecule has 0 aliphatic rings. The van der Waals surface area contributed by atoms with E-state index in [1.807, 2.05) is 37.3 Å². The highest BCUT2D eigenvalue weighted by atomic mass is 32.2. The number of pyridine rings is 1. The van der Waals surface area contributed by atoms with Crippen LogP contribution in [-0.2, 0) is 16.6 Å². The Kier molecular flexibility index (Phi) is 3.54. The second-order valence-corrected chi connectivity index (χ2v) is 5.24. The number of nitrogens with zero attached hydrogens (tertiary/aromatic N) is 1. The minimum Gasteiger partial charge on any atom is -0.398 e. The first-order chi connectivity index (χ1) is 8.18. The Hall–Kier alpha value is -1.68. The number of anilines is 1. The highest BCUT2D eigenvalue weighted by molar-refractivity contribution is 7.84. The highest BCUT2D eigenvalue weighted by Gasteiger charge is 2.09. The monoisotopic (exact) mass is 246 g/mol. The maximum absolute atomic E-state index is 12.2. The predicted molar refractivity (Wildman–Crippen MR) is 69.9 cm³/mol. The van der Waals surface area contributed by atoms with Gasteiger partial charge in [-0.3, -0.25) is 9.19 Å². The Bertz CT molecular complexity index is 540. The van der Waals surface area contributed by atoms with E-state index in [2.05, 4.69) is 4.98 Å². The van der Waals surface area contributed by atoms with E-state index in [-0.39, 0.29) is 0 Å². The minimum atomic E-state index is -1.06. The zero-order chi connectivity index (χ0) is 12.3. The topological polar surface area (TPSA) is 56.0 Å². The van der Waals surface area contributed by atoms with Crippen LogP contribution in [0.3, 0.4) is 0 Å². The van der Waals surface area contributed by atoms with Gasteiger partial charge < -0.3 is 5.73 Å². The summed E-state index contributed by atoms with van der Waals surface area (Å²) in [6.07, 6.45) is 3.41. The van der Waals surface area contributed by atoms with Crippen molar-refractivity contribution in [3.8, 4) is 0 Å². The van der Waals surface area contributed by atoms with E-state index in [0.29, 0.717) is 11.4 Å². The van der Waals surface area contributed by atoms with Crippen LogP contribution in [0, 0.1) is 6.92 Å². The van der Waals surface area contributed by atoms with Crippen LogP contribution in [0.2, 0.25) is 0 Å². The fourth-order valence-corrected chi connectivity index (χ4v) is 2.93. The predicted octanol–water partition coefficient (Wildman–Crippen LogP) is 2.28. The fourth-order valence-electron chi connectivity index (χ4n) is 1.59. The number of benzene rings is 1. The third kappa shape index (κ3) is 2.71. The van der Waals surface area contributed by atoms with Crippen molar-refractivity contribution in [3.05, 3.63) is 53.9 Å². The van der Waals surface area contributed by atoms with Crippen LogP contribution in [0.15, 0.2) is 47.6 Å². The van der Waals surface area contributed by atoms with Gasteiger partial charge in [0.1, 0.15) is 0 Å². The maximum Gasteiger partial charge on any atom is 0.0577 e. The quantitative estimate of drug-likeness (QED) is 0.845. The smallest absolute Gasteiger partial charge is 0.0577 e. The third-order valence-electron chi connectivity index (χ3n) is 2.62. The molecule has 1 heterocycles. The van der Waals surface area contributed by atoms with E-state index in [1.165, 1.54) is 0 Å². The van der Waals surface area contributed by atoms with Crippen LogP contribution in [0.5, 0.6) is 0 Å². The van der Waals surface area contributed by atoms with Crippen LogP contribution < -0.4 is 5.73 Å². The lowest BCUT2D eigenvalue weighted by atomic mass is 10.2. The van der Waals surface area contributed by atoms with Crippen LogP contribution in [0.1, 0.15) is 11.1 Å². The summed E-state index contributed by atoms with van der Waals surface area (Å²) in [5.74, 6) is 0.493. The van der Waals surface area contributed by atoms with E-state index in [9.17, 15) is 4.21 Å². The van der Waals surface area contributed by atoms with E-state index in [4.69, 9.17) is 5.73 Å². The summed E-state index contributed by atoms with van der Waals surface area (Å²) >= 11 is 0. The van der Waals surface area contributed by atoms with Crippen LogP contribution in [0.25, 0.3) is 0 Å². The van der Waals surface area contributed by atoms with Gasteiger partial charge in [-0.2, -0.15) is 0 Å². The minimum absolute atomic E-state index is 0.493. The molecule has 1 aromatic heterocycles. The number of rotatable bonds is 3. The molecule has 0 saturated carbocycles. The summed E-state index contributed by atoms with van der Waals surface area (Å²) in [6, 6.07) is 9.27. The van der Waals surface area contributed by atoms with Gasteiger partial charge in [-0.25, -0.2) is 0 Å². The largest absolute Gasteiger partial charge is 0.398 e. The molecule has 0 bridgehead atoms. The molecule has 0 aliphatic heterocycles. The number of aromatic nitrogens is 1. The van der Waals surface area contributed by atoms with Gasteiger partial charge in [0.2, 0.25) is 0 Å². The summed E-state index contributed by atoms with van der Waals surface area (Å²) in [7, 11) is -1.06. The van der Waals surface area contributed by atoms with Crippen molar-refractivity contribution < 1.29 is 4.21 Å². The lowest BCUT2D eigenvalue weighted by Crippen LogP contribution is -2.01. The molecule has 3 nitrogen and oxygen atoms in total. The lowest BCUT2D eigenvalue weighted by Gasteiger charge is -2.08. The van der Waals surface area contributed by atoms with Crippen molar-refractivity contribution in [2.24, 2.45) is 0 Å². The van der Waals surface area contributed by atoms with Gasteiger partial charge in [0.05, 0.1) is 16.6 Å². The molecule has 0 fully saturated rings. The van der Waals surface area contributed by atoms with Gasteiger partial charge in [0, 0.05) is 23.0 Å². The van der Waals surface area contributed by atoms with Gasteiger partial charge in [0.25, 0.3) is 0 Å². The van der Waals surface area contributed by atoms with Crippen LogP contribution in [0.4, 0.5) is 5.69 Å². The van der Waals surface area contributed by atoms with Crippen LogP contribution in [-0.4, -0.2) is 9.19 Å². The average Bonchev–Trinajstić information content (AvgIpc) is 2.34. The Morgan fingerprint density at radius 1 is 1.24 bits per heavy atom. The summed E-state index contributed by atoms with van der Waals surface area (Å²) < 4.78 is 12.2. The number of hydrogen-bond donors (Lipinski definition) is 1. The van der Waals surface area contributed by atoms with Crippen molar-refractivity contribution in [1.82, 2.24) is 4.98 Å². The molecule has 2 N–H and O–H groups in total. The van der Waals surface area contributed by atoms with E-state index in [0.717, 1.165) is 16.0 Å². The molecule has 0 aliphatic carbocycles. The molecular weight excluding hydrogens is 232 g/mol. The molecule has 1 aromatic carbocycles. The Morgan fingerprint density at radius 3 is 2.65 bits per heavy atom. The first-order valence-electron chi connectivity index (χ1n) is 5.31. The third-order valence-corrected chi connectivity index (χ3v) is 4.15. The normalized spacial score (nSPS) is 12.3. The van der Waals surface area contributed by atoms with Crippen LogP contribution >= 0.6 is 0 Å². The molecule has 88 valence electrons. The number of hydrogen-bond acceptors (Lipinski definition) is 3. The molecule has 1 atom stereocenters. The molecular formula is C13H14N2OS. The van der Waals surface area contributed by atoms with Gasteiger partial charge in [-0.05, 0) is 42.3 Å². The van der Waals surface area contributed by atoms with E-state index in [1.54, 1.807) is 12.4 Å².